The van der Waals surface area contributed by atoms with Gasteiger partial charge < -0.3 is 20.8 Å². The molecular formula is C10H15ClN2O2. The number of anilines is 2. The predicted octanol–water partition coefficient (Wildman–Crippen LogP) is 1.41. The van der Waals surface area contributed by atoms with Crippen LogP contribution in [0.3, 0.4) is 0 Å². The number of hydrogen-bond donors (Lipinski definition) is 3. The van der Waals surface area contributed by atoms with Gasteiger partial charge in [-0.3, -0.25) is 0 Å². The SMILES string of the molecule is CC(O)N(c1ccc(N)cc1Cl)C(C)O. The van der Waals surface area contributed by atoms with Crippen LogP contribution in [0.1, 0.15) is 13.8 Å². The van der Waals surface area contributed by atoms with Gasteiger partial charge in [-0.25, -0.2) is 0 Å². The maximum atomic E-state index is 9.51. The fourth-order valence-electron chi connectivity index (χ4n) is 1.45. The van der Waals surface area contributed by atoms with Crippen LogP contribution in [0.25, 0.3) is 0 Å². The molecule has 2 atom stereocenters. The van der Waals surface area contributed by atoms with Gasteiger partial charge in [-0.05, 0) is 32.0 Å². The summed E-state index contributed by atoms with van der Waals surface area (Å²) in [5.41, 5.74) is 6.65. The van der Waals surface area contributed by atoms with E-state index in [1.54, 1.807) is 32.0 Å². The standard InChI is InChI=1S/C10H15ClN2O2/c1-6(14)13(7(2)15)10-4-3-8(12)5-9(10)11/h3-7,14-15H,12H2,1-2H3. The lowest BCUT2D eigenvalue weighted by Crippen LogP contribution is -2.40. The quantitative estimate of drug-likeness (QED) is 0.543. The van der Waals surface area contributed by atoms with E-state index in [1.807, 2.05) is 0 Å². The van der Waals surface area contributed by atoms with E-state index in [9.17, 15) is 10.2 Å². The molecule has 1 rings (SSSR count). The molecule has 1 aromatic rings. The second-order valence-corrected chi connectivity index (χ2v) is 3.79. The third-order valence-corrected chi connectivity index (χ3v) is 2.36. The van der Waals surface area contributed by atoms with E-state index in [2.05, 4.69) is 0 Å². The Morgan fingerprint density at radius 3 is 2.20 bits per heavy atom. The zero-order valence-electron chi connectivity index (χ0n) is 8.68. The summed E-state index contributed by atoms with van der Waals surface area (Å²) in [4.78, 5) is 1.39. The normalized spacial score (nSPS) is 14.7. The van der Waals surface area contributed by atoms with E-state index in [0.717, 1.165) is 0 Å². The molecule has 0 amide bonds. The van der Waals surface area contributed by atoms with Crippen molar-refractivity contribution in [2.24, 2.45) is 0 Å². The number of aliphatic hydroxyl groups is 2. The van der Waals surface area contributed by atoms with Crippen molar-refractivity contribution in [1.82, 2.24) is 0 Å². The van der Waals surface area contributed by atoms with Gasteiger partial charge in [0, 0.05) is 5.69 Å². The largest absolute Gasteiger partial charge is 0.399 e. The van der Waals surface area contributed by atoms with E-state index < -0.39 is 12.5 Å². The van der Waals surface area contributed by atoms with Crippen LogP contribution in [0.4, 0.5) is 11.4 Å². The topological polar surface area (TPSA) is 69.7 Å². The molecule has 0 saturated carbocycles. The second-order valence-electron chi connectivity index (χ2n) is 3.38. The van der Waals surface area contributed by atoms with Crippen LogP contribution in [0.15, 0.2) is 18.2 Å². The molecule has 4 N–H and O–H groups in total. The molecule has 4 nitrogen and oxygen atoms in total. The molecule has 0 spiro atoms. The summed E-state index contributed by atoms with van der Waals surface area (Å²) in [5.74, 6) is 0. The Bertz CT molecular complexity index is 334. The van der Waals surface area contributed by atoms with E-state index >= 15 is 0 Å². The molecule has 0 saturated heterocycles. The van der Waals surface area contributed by atoms with Crippen LogP contribution < -0.4 is 10.6 Å². The molecular weight excluding hydrogens is 216 g/mol. The van der Waals surface area contributed by atoms with Crippen molar-refractivity contribution in [3.8, 4) is 0 Å². The van der Waals surface area contributed by atoms with Gasteiger partial charge in [0.2, 0.25) is 0 Å². The number of nitrogen functional groups attached to an aromatic ring is 1. The lowest BCUT2D eigenvalue weighted by Gasteiger charge is -2.31. The van der Waals surface area contributed by atoms with Crippen molar-refractivity contribution in [1.29, 1.82) is 0 Å². The fraction of sp³-hybridized carbons (Fsp3) is 0.400. The number of nitrogens with zero attached hydrogens (tertiary/aromatic N) is 1. The molecule has 5 heteroatoms. The minimum atomic E-state index is -0.828. The molecule has 0 radical (unpaired) electrons. The van der Waals surface area contributed by atoms with E-state index in [-0.39, 0.29) is 0 Å². The smallest absolute Gasteiger partial charge is 0.126 e. The molecule has 84 valence electrons. The lowest BCUT2D eigenvalue weighted by atomic mass is 10.2. The Hall–Kier alpha value is -0.970. The van der Waals surface area contributed by atoms with Gasteiger partial charge in [-0.1, -0.05) is 11.6 Å². The summed E-state index contributed by atoms with van der Waals surface area (Å²) >= 11 is 5.97. The fourth-order valence-corrected chi connectivity index (χ4v) is 1.73. The highest BCUT2D eigenvalue weighted by atomic mass is 35.5. The number of nitrogens with two attached hydrogens (primary N) is 1. The Morgan fingerprint density at radius 2 is 1.80 bits per heavy atom. The van der Waals surface area contributed by atoms with Gasteiger partial charge in [0.15, 0.2) is 0 Å². The van der Waals surface area contributed by atoms with Crippen molar-refractivity contribution < 1.29 is 10.2 Å². The van der Waals surface area contributed by atoms with Gasteiger partial charge >= 0.3 is 0 Å². The number of rotatable bonds is 3. The molecule has 0 aliphatic heterocycles. The van der Waals surface area contributed by atoms with Gasteiger partial charge in [0.25, 0.3) is 0 Å². The van der Waals surface area contributed by atoms with Crippen LogP contribution in [0.2, 0.25) is 5.02 Å². The number of hydrogen-bond acceptors (Lipinski definition) is 4. The van der Waals surface area contributed by atoms with Crippen LogP contribution in [-0.2, 0) is 0 Å². The molecule has 0 aliphatic carbocycles. The average molecular weight is 231 g/mol. The molecule has 0 fully saturated rings. The average Bonchev–Trinajstić information content (AvgIpc) is 2.08. The van der Waals surface area contributed by atoms with Gasteiger partial charge in [0.05, 0.1) is 10.7 Å². The number of aliphatic hydroxyl groups excluding tert-OH is 2. The summed E-state index contributed by atoms with van der Waals surface area (Å²) in [6.45, 7) is 3.11. The maximum Gasteiger partial charge on any atom is 0.126 e. The molecule has 0 aromatic heterocycles. The maximum absolute atomic E-state index is 9.51. The van der Waals surface area contributed by atoms with Crippen LogP contribution in [0.5, 0.6) is 0 Å². The first-order chi connectivity index (χ1) is 6.93. The minimum Gasteiger partial charge on any atom is -0.399 e. The molecule has 0 heterocycles. The highest BCUT2D eigenvalue weighted by molar-refractivity contribution is 6.33. The highest BCUT2D eigenvalue weighted by Crippen LogP contribution is 2.29. The monoisotopic (exact) mass is 230 g/mol. The molecule has 2 unspecified atom stereocenters. The Morgan fingerprint density at radius 1 is 1.27 bits per heavy atom. The summed E-state index contributed by atoms with van der Waals surface area (Å²) in [6.07, 6.45) is -1.66. The van der Waals surface area contributed by atoms with Gasteiger partial charge in [0.1, 0.15) is 12.5 Å². The summed E-state index contributed by atoms with van der Waals surface area (Å²) in [6, 6.07) is 4.91. The Balaban J connectivity index is 3.12. The van der Waals surface area contributed by atoms with Crippen molar-refractivity contribution in [3.63, 3.8) is 0 Å². The number of benzene rings is 1. The molecule has 0 aliphatic rings. The first kappa shape index (κ1) is 12.1. The molecule has 0 bridgehead atoms. The lowest BCUT2D eigenvalue weighted by molar-refractivity contribution is 0.105. The van der Waals surface area contributed by atoms with Crippen LogP contribution in [0, 0.1) is 0 Å². The van der Waals surface area contributed by atoms with Gasteiger partial charge in [-0.2, -0.15) is 0 Å². The van der Waals surface area contributed by atoms with E-state index in [4.69, 9.17) is 17.3 Å². The van der Waals surface area contributed by atoms with Crippen molar-refractivity contribution in [2.45, 2.75) is 26.3 Å². The van der Waals surface area contributed by atoms with E-state index in [0.29, 0.717) is 16.4 Å². The van der Waals surface area contributed by atoms with Gasteiger partial charge in [-0.15, -0.1) is 0 Å². The zero-order chi connectivity index (χ0) is 11.6. The third-order valence-electron chi connectivity index (χ3n) is 2.06. The van der Waals surface area contributed by atoms with Crippen molar-refractivity contribution in [2.75, 3.05) is 10.6 Å². The minimum absolute atomic E-state index is 0.400. The van der Waals surface area contributed by atoms with E-state index in [1.165, 1.54) is 4.90 Å². The Kier molecular flexibility index (Phi) is 3.79. The molecule has 1 aromatic carbocycles. The third kappa shape index (κ3) is 2.75. The summed E-state index contributed by atoms with van der Waals surface area (Å²) in [5, 5.41) is 19.4. The predicted molar refractivity (Wildman–Crippen MR) is 61.7 cm³/mol. The second kappa shape index (κ2) is 4.70. The van der Waals surface area contributed by atoms with Crippen molar-refractivity contribution >= 4 is 23.0 Å². The molecule has 15 heavy (non-hydrogen) atoms. The first-order valence-corrected chi connectivity index (χ1v) is 5.00. The zero-order valence-corrected chi connectivity index (χ0v) is 9.44. The number of halogens is 1. The Labute approximate surface area is 93.9 Å². The van der Waals surface area contributed by atoms with Crippen LogP contribution >= 0.6 is 11.6 Å². The first-order valence-electron chi connectivity index (χ1n) is 4.63. The summed E-state index contributed by atoms with van der Waals surface area (Å²) < 4.78 is 0. The summed E-state index contributed by atoms with van der Waals surface area (Å²) in [7, 11) is 0. The highest BCUT2D eigenvalue weighted by Gasteiger charge is 2.19. The van der Waals surface area contributed by atoms with Crippen molar-refractivity contribution in [3.05, 3.63) is 23.2 Å². The van der Waals surface area contributed by atoms with Crippen LogP contribution in [-0.4, -0.2) is 22.7 Å².